The van der Waals surface area contributed by atoms with E-state index in [2.05, 4.69) is 28.1 Å². The fraction of sp³-hybridized carbons (Fsp3) is 0.400. The number of aliphatic hydroxyl groups excluding tert-OH is 1. The number of esters is 1. The van der Waals surface area contributed by atoms with E-state index in [1.54, 1.807) is 12.1 Å². The van der Waals surface area contributed by atoms with E-state index in [0.717, 1.165) is 35.1 Å². The average molecular weight is 680 g/mol. The van der Waals surface area contributed by atoms with Crippen LogP contribution in [0.1, 0.15) is 80.1 Å². The van der Waals surface area contributed by atoms with E-state index < -0.39 is 35.7 Å². The highest BCUT2D eigenvalue weighted by Crippen LogP contribution is 2.44. The number of carbonyl (C=O) groups excluding carboxylic acids is 4. The Labute approximate surface area is 292 Å². The Morgan fingerprint density at radius 1 is 0.900 bits per heavy atom. The minimum absolute atomic E-state index is 0.0192. The molecular weight excluding hydrogens is 634 g/mol. The van der Waals surface area contributed by atoms with Crippen molar-refractivity contribution in [3.05, 3.63) is 108 Å². The van der Waals surface area contributed by atoms with Gasteiger partial charge in [0, 0.05) is 12.3 Å². The minimum Gasteiger partial charge on any atom is -0.454 e. The van der Waals surface area contributed by atoms with Crippen molar-refractivity contribution in [3.8, 4) is 11.1 Å². The van der Waals surface area contributed by atoms with Gasteiger partial charge in [-0.25, -0.2) is 9.59 Å². The van der Waals surface area contributed by atoms with E-state index in [1.807, 2.05) is 66.7 Å². The van der Waals surface area contributed by atoms with Crippen molar-refractivity contribution < 1.29 is 33.8 Å². The van der Waals surface area contributed by atoms with E-state index in [9.17, 15) is 24.3 Å². The Hall–Kier alpha value is -4.96. The summed E-state index contributed by atoms with van der Waals surface area (Å²) in [6, 6.07) is 24.2. The van der Waals surface area contributed by atoms with Crippen LogP contribution in [0, 0.1) is 5.92 Å². The first kappa shape index (κ1) is 34.9. The van der Waals surface area contributed by atoms with Crippen LogP contribution in [0.25, 0.3) is 11.1 Å². The van der Waals surface area contributed by atoms with Gasteiger partial charge in [-0.2, -0.15) is 0 Å². The van der Waals surface area contributed by atoms with Crippen LogP contribution >= 0.6 is 0 Å². The number of fused-ring (bicyclic) bond motifs is 3. The summed E-state index contributed by atoms with van der Waals surface area (Å²) in [6.45, 7) is -0.0475. The van der Waals surface area contributed by atoms with Crippen molar-refractivity contribution in [1.82, 2.24) is 16.0 Å². The summed E-state index contributed by atoms with van der Waals surface area (Å²) in [6.07, 6.45) is 6.32. The molecule has 262 valence electrons. The van der Waals surface area contributed by atoms with E-state index in [-0.39, 0.29) is 50.3 Å². The third-order valence-corrected chi connectivity index (χ3v) is 10.1. The third kappa shape index (κ3) is 8.25. The molecular formula is C40H45N3O7. The molecule has 10 nitrogen and oxygen atoms in total. The number of benzene rings is 3. The van der Waals surface area contributed by atoms with Gasteiger partial charge in [0.2, 0.25) is 11.8 Å². The van der Waals surface area contributed by atoms with Crippen molar-refractivity contribution >= 4 is 23.9 Å². The Balaban J connectivity index is 1.14. The van der Waals surface area contributed by atoms with Gasteiger partial charge in [0.05, 0.1) is 24.6 Å². The molecule has 3 aliphatic rings. The van der Waals surface area contributed by atoms with Crippen LogP contribution in [0.5, 0.6) is 0 Å². The van der Waals surface area contributed by atoms with Crippen LogP contribution in [-0.4, -0.2) is 60.3 Å². The molecule has 3 unspecified atom stereocenters. The Morgan fingerprint density at radius 2 is 1.56 bits per heavy atom. The van der Waals surface area contributed by atoms with E-state index >= 15 is 0 Å². The molecule has 0 spiro atoms. The number of amides is 3. The van der Waals surface area contributed by atoms with Crippen molar-refractivity contribution in [2.24, 2.45) is 5.92 Å². The number of cyclic esters (lactones) is 1. The van der Waals surface area contributed by atoms with Gasteiger partial charge in [-0.15, -0.1) is 0 Å². The normalized spacial score (nSPS) is 22.1. The van der Waals surface area contributed by atoms with Crippen LogP contribution in [-0.2, 0) is 23.9 Å². The maximum atomic E-state index is 13.6. The topological polar surface area (TPSA) is 143 Å². The molecule has 2 aliphatic carbocycles. The summed E-state index contributed by atoms with van der Waals surface area (Å²) in [5.74, 6) is -2.05. The van der Waals surface area contributed by atoms with E-state index in [0.29, 0.717) is 31.2 Å². The van der Waals surface area contributed by atoms with E-state index in [1.165, 1.54) is 0 Å². The lowest BCUT2D eigenvalue weighted by atomic mass is 9.95. The monoisotopic (exact) mass is 679 g/mol. The second-order valence-corrected chi connectivity index (χ2v) is 13.5. The van der Waals surface area contributed by atoms with Crippen LogP contribution in [0.3, 0.4) is 0 Å². The maximum absolute atomic E-state index is 13.6. The van der Waals surface area contributed by atoms with Crippen LogP contribution in [0.2, 0.25) is 0 Å². The number of ether oxygens (including phenoxy) is 2. The predicted molar refractivity (Wildman–Crippen MR) is 188 cm³/mol. The number of aliphatic hydroxyl groups is 1. The highest BCUT2D eigenvalue weighted by molar-refractivity contribution is 5.86. The Morgan fingerprint density at radius 3 is 2.24 bits per heavy atom. The fourth-order valence-electron chi connectivity index (χ4n) is 7.36. The molecule has 4 N–H and O–H groups in total. The van der Waals surface area contributed by atoms with E-state index in [4.69, 9.17) is 9.47 Å². The van der Waals surface area contributed by atoms with Crippen LogP contribution < -0.4 is 16.0 Å². The Bertz CT molecular complexity index is 1660. The van der Waals surface area contributed by atoms with Gasteiger partial charge in [0.15, 0.2) is 0 Å². The molecule has 3 aromatic rings. The zero-order valence-electron chi connectivity index (χ0n) is 28.1. The number of alkyl carbamates (subject to hydrolysis) is 1. The van der Waals surface area contributed by atoms with Crippen molar-refractivity contribution in [2.75, 3.05) is 19.8 Å². The first-order valence-electron chi connectivity index (χ1n) is 17.6. The number of hydrogen-bond donors (Lipinski definition) is 4. The second kappa shape index (κ2) is 16.2. The SMILES string of the molecule is O=C(CC1CC=CCCC(NC(=O)OCC2c3ccccc3-c3ccccc32)C(=O)OC(c2ccccc2)CNC1=O)NC1(CO)CCCC1. The second-order valence-electron chi connectivity index (χ2n) is 13.5. The average Bonchev–Trinajstić information content (AvgIpc) is 3.74. The van der Waals surface area contributed by atoms with Crippen molar-refractivity contribution in [3.63, 3.8) is 0 Å². The molecule has 10 heteroatoms. The lowest BCUT2D eigenvalue weighted by Crippen LogP contribution is -2.50. The number of hydrogen-bond acceptors (Lipinski definition) is 7. The van der Waals surface area contributed by atoms with Crippen LogP contribution in [0.4, 0.5) is 4.79 Å². The number of carbonyl (C=O) groups is 4. The standard InChI is InChI=1S/C40H45N3O7/c44-26-40(21-11-12-22-40)43-36(45)23-28-15-5-2-6-20-34(38(47)50-35(24-41-37(28)46)27-13-3-1-4-14-27)42-39(48)49-25-33-31-18-9-7-16-29(31)30-17-8-10-19-32(30)33/h1-5,7-10,13-14,16-19,28,33-35,44H,6,11-12,15,20-26H2,(H,41,46)(H,42,48)(H,43,45). The molecule has 1 fully saturated rings. The highest BCUT2D eigenvalue weighted by atomic mass is 16.6. The molecule has 0 radical (unpaired) electrons. The van der Waals surface area contributed by atoms with Crippen molar-refractivity contribution in [1.29, 1.82) is 0 Å². The molecule has 6 rings (SSSR count). The molecule has 3 amide bonds. The third-order valence-electron chi connectivity index (χ3n) is 10.1. The van der Waals surface area contributed by atoms with Gasteiger partial charge >= 0.3 is 12.1 Å². The summed E-state index contributed by atoms with van der Waals surface area (Å²) >= 11 is 0. The summed E-state index contributed by atoms with van der Waals surface area (Å²) in [7, 11) is 0. The summed E-state index contributed by atoms with van der Waals surface area (Å²) in [5.41, 5.74) is 4.45. The molecule has 3 aromatic carbocycles. The first-order chi connectivity index (χ1) is 24.4. The van der Waals surface area contributed by atoms with Gasteiger partial charge < -0.3 is 30.5 Å². The highest BCUT2D eigenvalue weighted by Gasteiger charge is 2.36. The molecule has 0 saturated heterocycles. The largest absolute Gasteiger partial charge is 0.454 e. The molecule has 1 aliphatic heterocycles. The van der Waals surface area contributed by atoms with Crippen molar-refractivity contribution in [2.45, 2.75) is 75.0 Å². The molecule has 0 bridgehead atoms. The van der Waals surface area contributed by atoms with Crippen LogP contribution in [0.15, 0.2) is 91.0 Å². The molecule has 1 heterocycles. The van der Waals surface area contributed by atoms with Gasteiger partial charge in [0.25, 0.3) is 0 Å². The molecule has 0 aromatic heterocycles. The lowest BCUT2D eigenvalue weighted by Gasteiger charge is -2.29. The summed E-state index contributed by atoms with van der Waals surface area (Å²) in [4.78, 5) is 53.4. The molecule has 3 atom stereocenters. The molecule has 1 saturated carbocycles. The summed E-state index contributed by atoms with van der Waals surface area (Å²) < 4.78 is 11.7. The number of rotatable bonds is 8. The van der Waals surface area contributed by atoms with Gasteiger partial charge in [0.1, 0.15) is 18.8 Å². The maximum Gasteiger partial charge on any atom is 0.407 e. The first-order valence-corrected chi connectivity index (χ1v) is 17.6. The van der Waals surface area contributed by atoms with Gasteiger partial charge in [-0.1, -0.05) is 104 Å². The fourth-order valence-corrected chi connectivity index (χ4v) is 7.36. The zero-order valence-corrected chi connectivity index (χ0v) is 28.1. The Kier molecular flexibility index (Phi) is 11.3. The number of allylic oxidation sites excluding steroid dienone is 2. The molecule has 50 heavy (non-hydrogen) atoms. The lowest BCUT2D eigenvalue weighted by molar-refractivity contribution is -0.152. The van der Waals surface area contributed by atoms with Gasteiger partial charge in [-0.3, -0.25) is 9.59 Å². The number of nitrogens with one attached hydrogen (secondary N) is 3. The summed E-state index contributed by atoms with van der Waals surface area (Å²) in [5, 5.41) is 18.6. The smallest absolute Gasteiger partial charge is 0.407 e. The minimum atomic E-state index is -0.999. The predicted octanol–water partition coefficient (Wildman–Crippen LogP) is 5.46. The zero-order chi connectivity index (χ0) is 34.9. The quantitative estimate of drug-likeness (QED) is 0.183. The van der Waals surface area contributed by atoms with Gasteiger partial charge in [-0.05, 0) is 59.9 Å².